The lowest BCUT2D eigenvalue weighted by Crippen LogP contribution is -2.39. The molecule has 160 valence electrons. The number of H-pyrrole nitrogens is 1. The number of ether oxygens (including phenoxy) is 2. The van der Waals surface area contributed by atoms with Crippen LogP contribution in [0.1, 0.15) is 35.2 Å². The van der Waals surface area contributed by atoms with Gasteiger partial charge in [-0.15, -0.1) is 0 Å². The Morgan fingerprint density at radius 1 is 1.16 bits per heavy atom. The third-order valence-electron chi connectivity index (χ3n) is 6.11. The Balaban J connectivity index is 1.36. The van der Waals surface area contributed by atoms with E-state index in [0.29, 0.717) is 30.3 Å². The van der Waals surface area contributed by atoms with Crippen LogP contribution in [0.2, 0.25) is 0 Å². The predicted octanol–water partition coefficient (Wildman–Crippen LogP) is 3.72. The summed E-state index contributed by atoms with van der Waals surface area (Å²) in [6, 6.07) is 9.77. The van der Waals surface area contributed by atoms with Crippen LogP contribution in [0.25, 0.3) is 22.1 Å². The molecule has 0 radical (unpaired) electrons. The molecular weight excluding hydrogens is 394 g/mol. The molecule has 1 amide bonds. The van der Waals surface area contributed by atoms with Gasteiger partial charge in [-0.3, -0.25) is 4.79 Å². The number of imidazole rings is 1. The number of fused-ring (bicyclic) bond motifs is 2. The van der Waals surface area contributed by atoms with E-state index in [1.165, 1.54) is 0 Å². The lowest BCUT2D eigenvalue weighted by atomic mass is 10.0. The molecule has 0 unspecified atom stereocenters. The summed E-state index contributed by atoms with van der Waals surface area (Å²) in [5, 5.41) is 0.840. The molecule has 0 spiro atoms. The van der Waals surface area contributed by atoms with E-state index < -0.39 is 0 Å². The number of amides is 1. The molecule has 0 saturated carbocycles. The number of nitrogens with zero attached hydrogens (tertiary/aromatic N) is 4. The van der Waals surface area contributed by atoms with Gasteiger partial charge in [0.15, 0.2) is 17.1 Å². The van der Waals surface area contributed by atoms with Crippen molar-refractivity contribution >= 4 is 28.0 Å². The first-order chi connectivity index (χ1) is 15.1. The second-order valence-electron chi connectivity index (χ2n) is 7.84. The highest BCUT2D eigenvalue weighted by molar-refractivity contribution is 6.00. The second-order valence-corrected chi connectivity index (χ2v) is 7.84. The average Bonchev–Trinajstić information content (AvgIpc) is 3.38. The fourth-order valence-corrected chi connectivity index (χ4v) is 4.62. The maximum Gasteiger partial charge on any atom is 0.270 e. The van der Waals surface area contributed by atoms with Crippen LogP contribution in [0.15, 0.2) is 36.5 Å². The van der Waals surface area contributed by atoms with Crippen LogP contribution in [0.4, 0.5) is 0 Å². The third-order valence-corrected chi connectivity index (χ3v) is 6.11. The molecule has 8 heteroatoms. The van der Waals surface area contributed by atoms with Crippen LogP contribution in [0, 0.1) is 6.92 Å². The number of nitrogens with one attached hydrogen (secondary N) is 1. The van der Waals surface area contributed by atoms with Crippen LogP contribution in [0.3, 0.4) is 0 Å². The lowest BCUT2D eigenvalue weighted by Gasteiger charge is -2.33. The first-order valence-corrected chi connectivity index (χ1v) is 10.4. The smallest absolute Gasteiger partial charge is 0.270 e. The van der Waals surface area contributed by atoms with Gasteiger partial charge in [-0.2, -0.15) is 0 Å². The van der Waals surface area contributed by atoms with Crippen molar-refractivity contribution in [1.29, 1.82) is 0 Å². The number of carbonyl (C=O) groups excluding carboxylic acids is 1. The number of rotatable bonds is 4. The lowest BCUT2D eigenvalue weighted by molar-refractivity contribution is 0.0690. The summed E-state index contributed by atoms with van der Waals surface area (Å²) < 4.78 is 13.1. The molecule has 1 aliphatic rings. The molecule has 1 aromatic carbocycles. The van der Waals surface area contributed by atoms with Crippen molar-refractivity contribution in [1.82, 2.24) is 24.4 Å². The number of methoxy groups -OCH3 is 2. The van der Waals surface area contributed by atoms with Crippen LogP contribution < -0.4 is 9.47 Å². The number of pyridine rings is 1. The van der Waals surface area contributed by atoms with Crippen LogP contribution >= 0.6 is 0 Å². The molecule has 8 nitrogen and oxygen atoms in total. The van der Waals surface area contributed by atoms with Crippen LogP contribution in [-0.2, 0) is 0 Å². The van der Waals surface area contributed by atoms with E-state index in [-0.39, 0.29) is 11.9 Å². The minimum Gasteiger partial charge on any atom is -0.493 e. The van der Waals surface area contributed by atoms with Gasteiger partial charge in [0.05, 0.1) is 19.7 Å². The van der Waals surface area contributed by atoms with E-state index in [0.717, 1.165) is 40.7 Å². The van der Waals surface area contributed by atoms with Gasteiger partial charge in [0.25, 0.3) is 5.91 Å². The highest BCUT2D eigenvalue weighted by atomic mass is 16.5. The van der Waals surface area contributed by atoms with Crippen molar-refractivity contribution in [3.63, 3.8) is 0 Å². The van der Waals surface area contributed by atoms with Gasteiger partial charge in [-0.05, 0) is 50.1 Å². The summed E-state index contributed by atoms with van der Waals surface area (Å²) >= 11 is 0. The molecule has 0 bridgehead atoms. The SMILES string of the molecule is COc1ccc2[nH]c(C(=O)N3CCC(n4c(C)nc5cccnc54)CC3)cc2c1OC. The number of piperidine rings is 1. The van der Waals surface area contributed by atoms with Crippen molar-refractivity contribution in [3.05, 3.63) is 48.0 Å². The van der Waals surface area contributed by atoms with E-state index in [1.54, 1.807) is 20.4 Å². The van der Waals surface area contributed by atoms with Gasteiger partial charge >= 0.3 is 0 Å². The van der Waals surface area contributed by atoms with Gasteiger partial charge < -0.3 is 23.9 Å². The van der Waals surface area contributed by atoms with Crippen LogP contribution in [0.5, 0.6) is 11.5 Å². The van der Waals surface area contributed by atoms with Gasteiger partial charge in [0.1, 0.15) is 17.0 Å². The minimum absolute atomic E-state index is 0.000931. The summed E-state index contributed by atoms with van der Waals surface area (Å²) in [6.07, 6.45) is 3.54. The Labute approximate surface area is 179 Å². The Morgan fingerprint density at radius 3 is 2.71 bits per heavy atom. The number of aromatic nitrogens is 4. The molecule has 1 saturated heterocycles. The normalized spacial score (nSPS) is 15.0. The number of benzene rings is 1. The third kappa shape index (κ3) is 3.19. The zero-order valence-corrected chi connectivity index (χ0v) is 17.9. The molecule has 3 aromatic heterocycles. The molecular formula is C23H25N5O3. The summed E-state index contributed by atoms with van der Waals surface area (Å²) in [5.41, 5.74) is 3.25. The largest absolute Gasteiger partial charge is 0.493 e. The van der Waals surface area contributed by atoms with Crippen LogP contribution in [-0.4, -0.2) is 57.6 Å². The second kappa shape index (κ2) is 7.61. The molecule has 1 N–H and O–H groups in total. The fourth-order valence-electron chi connectivity index (χ4n) is 4.62. The monoisotopic (exact) mass is 419 g/mol. The Morgan fingerprint density at radius 2 is 1.97 bits per heavy atom. The first-order valence-electron chi connectivity index (χ1n) is 10.4. The molecule has 5 rings (SSSR count). The van der Waals surface area contributed by atoms with Crippen molar-refractivity contribution in [3.8, 4) is 11.5 Å². The zero-order valence-electron chi connectivity index (χ0n) is 17.9. The van der Waals surface area contributed by atoms with E-state index in [1.807, 2.05) is 42.2 Å². The van der Waals surface area contributed by atoms with Crippen molar-refractivity contribution in [2.45, 2.75) is 25.8 Å². The topological polar surface area (TPSA) is 85.3 Å². The van der Waals surface area contributed by atoms with Gasteiger partial charge in [-0.25, -0.2) is 9.97 Å². The molecule has 4 heterocycles. The van der Waals surface area contributed by atoms with E-state index in [4.69, 9.17) is 9.47 Å². The summed E-state index contributed by atoms with van der Waals surface area (Å²) in [4.78, 5) is 27.5. The van der Waals surface area contributed by atoms with Crippen molar-refractivity contribution in [2.24, 2.45) is 0 Å². The zero-order chi connectivity index (χ0) is 21.5. The number of likely N-dealkylation sites (tertiary alicyclic amines) is 1. The van der Waals surface area contributed by atoms with E-state index in [2.05, 4.69) is 19.5 Å². The highest BCUT2D eigenvalue weighted by Gasteiger charge is 2.28. The molecule has 4 aromatic rings. The standard InChI is InChI=1S/C23H25N5O3/c1-14-25-18-5-4-10-24-22(18)28(14)15-8-11-27(12-9-15)23(29)19-13-16-17(26-19)6-7-20(30-2)21(16)31-3/h4-7,10,13,15,26H,8-9,11-12H2,1-3H3. The van der Waals surface area contributed by atoms with E-state index >= 15 is 0 Å². The summed E-state index contributed by atoms with van der Waals surface area (Å²) in [5.74, 6) is 2.24. The Bertz CT molecular complexity index is 1270. The number of carbonyl (C=O) groups is 1. The minimum atomic E-state index is 0.000931. The molecule has 1 fully saturated rings. The van der Waals surface area contributed by atoms with Crippen molar-refractivity contribution in [2.75, 3.05) is 27.3 Å². The Hall–Kier alpha value is -3.55. The quantitative estimate of drug-likeness (QED) is 0.545. The number of aryl methyl sites for hydroxylation is 1. The highest BCUT2D eigenvalue weighted by Crippen LogP contribution is 2.36. The maximum absolute atomic E-state index is 13.2. The number of hydrogen-bond donors (Lipinski definition) is 1. The summed E-state index contributed by atoms with van der Waals surface area (Å²) in [7, 11) is 3.21. The maximum atomic E-state index is 13.2. The molecule has 1 aliphatic heterocycles. The average molecular weight is 419 g/mol. The summed E-state index contributed by atoms with van der Waals surface area (Å²) in [6.45, 7) is 3.39. The number of aromatic amines is 1. The van der Waals surface area contributed by atoms with E-state index in [9.17, 15) is 4.79 Å². The first kappa shape index (κ1) is 19.4. The van der Waals surface area contributed by atoms with Gasteiger partial charge in [0, 0.05) is 30.7 Å². The van der Waals surface area contributed by atoms with Gasteiger partial charge in [0.2, 0.25) is 0 Å². The Kier molecular flexibility index (Phi) is 4.77. The molecule has 31 heavy (non-hydrogen) atoms. The van der Waals surface area contributed by atoms with Gasteiger partial charge in [-0.1, -0.05) is 0 Å². The van der Waals surface area contributed by atoms with Crippen molar-refractivity contribution < 1.29 is 14.3 Å². The molecule has 0 aliphatic carbocycles. The predicted molar refractivity (Wildman–Crippen MR) is 118 cm³/mol. The fraction of sp³-hybridized carbons (Fsp3) is 0.348. The number of hydrogen-bond acceptors (Lipinski definition) is 5. The molecule has 0 atom stereocenters.